The number of carbonyl (C=O) groups excluding carboxylic acids is 1. The zero-order valence-electron chi connectivity index (χ0n) is 32.9. The largest absolute Gasteiger partial charge is 0.493 e. The van der Waals surface area contributed by atoms with Gasteiger partial charge in [-0.2, -0.15) is 23.7 Å². The van der Waals surface area contributed by atoms with Crippen molar-refractivity contribution < 1.29 is 37.0 Å². The van der Waals surface area contributed by atoms with Gasteiger partial charge in [-0.15, -0.1) is 0 Å². The molecule has 5 heterocycles. The van der Waals surface area contributed by atoms with Crippen LogP contribution in [0.2, 0.25) is 0 Å². The second-order valence-corrected chi connectivity index (χ2v) is 14.6. The van der Waals surface area contributed by atoms with Crippen LogP contribution in [-0.2, 0) is 0 Å². The maximum atomic E-state index is 13.9. The molecule has 0 saturated heterocycles. The van der Waals surface area contributed by atoms with Gasteiger partial charge in [0.1, 0.15) is 29.0 Å². The van der Waals surface area contributed by atoms with Crippen molar-refractivity contribution in [2.75, 3.05) is 6.61 Å². The third-order valence-electron chi connectivity index (χ3n) is 9.89. The fourth-order valence-electron chi connectivity index (χ4n) is 7.48. The molecule has 1 aliphatic rings. The normalized spacial score (nSPS) is 13.5. The van der Waals surface area contributed by atoms with E-state index in [1.54, 1.807) is 18.4 Å². The number of carboxylic acid groups (broad SMARTS) is 1. The maximum Gasteiger partial charge on any atom is 0.337 e. The lowest BCUT2D eigenvalue weighted by atomic mass is 9.97. The highest BCUT2D eigenvalue weighted by Gasteiger charge is 2.28. The summed E-state index contributed by atoms with van der Waals surface area (Å²) in [6.07, 6.45) is 3.40. The topological polar surface area (TPSA) is 136 Å². The molecule has 0 unspecified atom stereocenters. The summed E-state index contributed by atoms with van der Waals surface area (Å²) in [4.78, 5) is 33.9. The smallest absolute Gasteiger partial charge is 0.337 e. The molecule has 3 aromatic carbocycles. The minimum atomic E-state index is -1.09. The van der Waals surface area contributed by atoms with Gasteiger partial charge in [-0.1, -0.05) is 45.9 Å². The lowest BCUT2D eigenvalue weighted by Crippen LogP contribution is -2.33. The Kier molecular flexibility index (Phi) is 12.1. The summed E-state index contributed by atoms with van der Waals surface area (Å²) in [6, 6.07) is 14.0. The van der Waals surface area contributed by atoms with E-state index < -0.39 is 29.2 Å². The molecule has 306 valence electrons. The van der Waals surface area contributed by atoms with E-state index in [2.05, 4.69) is 25.5 Å². The minimum absolute atomic E-state index is 0. The van der Waals surface area contributed by atoms with Crippen molar-refractivity contribution in [1.82, 2.24) is 34.5 Å². The average Bonchev–Trinajstić information content (AvgIpc) is 3.68. The van der Waals surface area contributed by atoms with Crippen LogP contribution in [0.4, 0.5) is 17.6 Å². The summed E-state index contributed by atoms with van der Waals surface area (Å²) in [5.41, 5.74) is 6.18. The molecule has 0 spiro atoms. The summed E-state index contributed by atoms with van der Waals surface area (Å²) in [5.74, 6) is -3.49. The van der Waals surface area contributed by atoms with Gasteiger partial charge >= 0.3 is 5.97 Å². The fourth-order valence-corrected chi connectivity index (χ4v) is 7.48. The van der Waals surface area contributed by atoms with Crippen molar-refractivity contribution in [2.24, 2.45) is 0 Å². The van der Waals surface area contributed by atoms with Crippen LogP contribution >= 0.6 is 13.5 Å². The fraction of sp³-hybridized carbons (Fsp3) is 0.256. The number of ether oxygens (including phenoxy) is 1. The van der Waals surface area contributed by atoms with Crippen molar-refractivity contribution in [3.05, 3.63) is 136 Å². The van der Waals surface area contributed by atoms with Crippen molar-refractivity contribution in [3.8, 4) is 28.3 Å². The molecule has 0 bridgehead atoms. The SMILES string of the molecule is Cc1nc2c(C(C)C)c(C(=O)N[C@H]3CCOc4ccccc43)cnn2c1-c1cc(F)cc(F)c1.Cc1nc2c(C(C)C)c(C(=O)O)cnn2c1-c1cc(F)cc(F)c1.S. The Morgan fingerprint density at radius 1 is 0.746 bits per heavy atom. The number of fused-ring (bicyclic) bond motifs is 3. The van der Waals surface area contributed by atoms with Gasteiger partial charge in [0, 0.05) is 46.4 Å². The number of aryl methyl sites for hydroxylation is 2. The van der Waals surface area contributed by atoms with Crippen LogP contribution in [0.15, 0.2) is 73.1 Å². The molecular formula is C43H41F4N7O4S. The van der Waals surface area contributed by atoms with E-state index >= 15 is 0 Å². The molecule has 8 rings (SSSR count). The number of nitrogens with one attached hydrogen (secondary N) is 1. The number of hydrogen-bond donors (Lipinski definition) is 2. The van der Waals surface area contributed by atoms with Gasteiger partial charge in [-0.25, -0.2) is 41.4 Å². The van der Waals surface area contributed by atoms with E-state index in [4.69, 9.17) is 4.74 Å². The number of benzene rings is 3. The highest BCUT2D eigenvalue weighted by molar-refractivity contribution is 7.59. The number of halogens is 4. The van der Waals surface area contributed by atoms with Gasteiger partial charge in [0.05, 0.1) is 58.9 Å². The van der Waals surface area contributed by atoms with Crippen LogP contribution in [0.25, 0.3) is 33.8 Å². The molecule has 0 aliphatic carbocycles. The Labute approximate surface area is 343 Å². The number of para-hydroxylation sites is 1. The average molecular weight is 828 g/mol. The number of rotatable bonds is 7. The van der Waals surface area contributed by atoms with Gasteiger partial charge in [0.25, 0.3) is 5.91 Å². The van der Waals surface area contributed by atoms with Gasteiger partial charge in [0.2, 0.25) is 0 Å². The highest BCUT2D eigenvalue weighted by Crippen LogP contribution is 2.35. The Morgan fingerprint density at radius 3 is 1.68 bits per heavy atom. The molecular weight excluding hydrogens is 787 g/mol. The van der Waals surface area contributed by atoms with Crippen molar-refractivity contribution in [2.45, 2.75) is 65.8 Å². The number of carboxylic acids is 1. The van der Waals surface area contributed by atoms with E-state index in [1.165, 1.54) is 41.2 Å². The van der Waals surface area contributed by atoms with E-state index in [-0.39, 0.29) is 42.8 Å². The first-order valence-electron chi connectivity index (χ1n) is 18.6. The first-order chi connectivity index (χ1) is 27.6. The monoisotopic (exact) mass is 827 g/mol. The predicted octanol–water partition coefficient (Wildman–Crippen LogP) is 9.28. The summed E-state index contributed by atoms with van der Waals surface area (Å²) >= 11 is 0. The highest BCUT2D eigenvalue weighted by atomic mass is 32.1. The van der Waals surface area contributed by atoms with Crippen LogP contribution < -0.4 is 10.1 Å². The van der Waals surface area contributed by atoms with Gasteiger partial charge in [0.15, 0.2) is 11.3 Å². The zero-order valence-corrected chi connectivity index (χ0v) is 33.9. The quantitative estimate of drug-likeness (QED) is 0.152. The van der Waals surface area contributed by atoms with Crippen LogP contribution in [0, 0.1) is 37.1 Å². The van der Waals surface area contributed by atoms with E-state index in [0.29, 0.717) is 69.4 Å². The zero-order chi connectivity index (χ0) is 41.6. The third-order valence-corrected chi connectivity index (χ3v) is 9.89. The van der Waals surface area contributed by atoms with Crippen molar-refractivity contribution in [3.63, 3.8) is 0 Å². The van der Waals surface area contributed by atoms with Gasteiger partial charge < -0.3 is 15.2 Å². The summed E-state index contributed by atoms with van der Waals surface area (Å²) in [5, 5.41) is 21.1. The standard InChI is InChI=1S/C26H24F2N4O2.C17H15F2N3O2.H2S/c1-14(2)23-20(26(33)31-21-8-9-34-22-7-5-4-6-19(21)22)13-29-32-24(15(3)30-25(23)32)16-10-17(27)12-18(28)11-16;1-8(2)14-13(17(23)24)7-20-22-15(9(3)21-16(14)22)10-4-11(18)6-12(19)5-10;/h4-7,10-14,21H,8-9H2,1-3H3,(H,31,33);4-8H,1-3H3,(H,23,24);1H2/t21-;;/m0../s1. The number of hydrogen-bond acceptors (Lipinski definition) is 7. The Hall–Kier alpha value is -6.29. The Bertz CT molecular complexity index is 2710. The molecule has 16 heteroatoms. The molecule has 11 nitrogen and oxygen atoms in total. The number of aromatic nitrogens is 6. The molecule has 2 N–H and O–H groups in total. The Morgan fingerprint density at radius 2 is 1.20 bits per heavy atom. The van der Waals surface area contributed by atoms with Crippen LogP contribution in [0.3, 0.4) is 0 Å². The third kappa shape index (κ3) is 8.22. The lowest BCUT2D eigenvalue weighted by molar-refractivity contribution is 0.0694. The number of amides is 1. The molecule has 0 fully saturated rings. The van der Waals surface area contributed by atoms with Crippen LogP contribution in [-0.4, -0.2) is 52.8 Å². The van der Waals surface area contributed by atoms with Crippen molar-refractivity contribution in [1.29, 1.82) is 0 Å². The number of carbonyl (C=O) groups is 2. The van der Waals surface area contributed by atoms with Crippen LogP contribution in [0.5, 0.6) is 5.75 Å². The summed E-state index contributed by atoms with van der Waals surface area (Å²) in [6.45, 7) is 11.6. The molecule has 59 heavy (non-hydrogen) atoms. The number of aromatic carboxylic acids is 1. The molecule has 1 amide bonds. The molecule has 1 aliphatic heterocycles. The maximum absolute atomic E-state index is 13.9. The molecule has 0 saturated carbocycles. The van der Waals surface area contributed by atoms with Crippen molar-refractivity contribution >= 4 is 36.7 Å². The van der Waals surface area contributed by atoms with Gasteiger partial charge in [-0.05, 0) is 56.0 Å². The first kappa shape index (κ1) is 42.3. The molecule has 1 atom stereocenters. The van der Waals surface area contributed by atoms with Crippen LogP contribution in [0.1, 0.15) is 101 Å². The van der Waals surface area contributed by atoms with Gasteiger partial charge in [-0.3, -0.25) is 4.79 Å². The molecule has 0 radical (unpaired) electrons. The number of nitrogens with zero attached hydrogens (tertiary/aromatic N) is 6. The van der Waals surface area contributed by atoms with E-state index in [0.717, 1.165) is 29.0 Å². The first-order valence-corrected chi connectivity index (χ1v) is 18.6. The predicted molar refractivity (Wildman–Crippen MR) is 218 cm³/mol. The lowest BCUT2D eigenvalue weighted by Gasteiger charge is -2.27. The summed E-state index contributed by atoms with van der Waals surface area (Å²) < 4.78 is 63.6. The minimum Gasteiger partial charge on any atom is -0.493 e. The molecule has 7 aromatic rings. The second-order valence-electron chi connectivity index (χ2n) is 14.6. The number of imidazole rings is 2. The van der Waals surface area contributed by atoms with E-state index in [9.17, 15) is 32.3 Å². The summed E-state index contributed by atoms with van der Waals surface area (Å²) in [7, 11) is 0. The second kappa shape index (κ2) is 16.9. The van der Waals surface area contributed by atoms with E-state index in [1.807, 2.05) is 52.0 Å². The molecule has 4 aromatic heterocycles. The Balaban J connectivity index is 0.000000207.